The van der Waals surface area contributed by atoms with Crippen LogP contribution in [-0.4, -0.2) is 11.1 Å². The Labute approximate surface area is 174 Å². The van der Waals surface area contributed by atoms with Crippen molar-refractivity contribution in [1.82, 2.24) is 4.40 Å². The molecule has 4 aromatic carbocycles. The Morgan fingerprint density at radius 1 is 0.533 bits per heavy atom. The highest BCUT2D eigenvalue weighted by Crippen LogP contribution is 2.42. The number of para-hydroxylation sites is 3. The second-order valence-corrected chi connectivity index (χ2v) is 7.94. The smallest absolute Gasteiger partial charge is 0.0989 e. The average Bonchev–Trinajstić information content (AvgIpc) is 3.51. The molecule has 0 radical (unpaired) electrons. The highest BCUT2D eigenvalue weighted by Gasteiger charge is 2.22. The van der Waals surface area contributed by atoms with Gasteiger partial charge in [0.1, 0.15) is 0 Å². The summed E-state index contributed by atoms with van der Waals surface area (Å²) in [6.07, 6.45) is 4.36. The predicted molar refractivity (Wildman–Crippen MR) is 127 cm³/mol. The van der Waals surface area contributed by atoms with Gasteiger partial charge in [0.2, 0.25) is 0 Å². The van der Waals surface area contributed by atoms with Gasteiger partial charge in [-0.25, -0.2) is 0 Å². The monoisotopic (exact) mass is 385 g/mol. The van der Waals surface area contributed by atoms with E-state index in [1.54, 1.807) is 0 Å². The molecule has 0 N–H and O–H groups in total. The van der Waals surface area contributed by atoms with Crippen LogP contribution in [0.25, 0.3) is 38.1 Å². The Bertz CT molecular complexity index is 1580. The molecule has 30 heavy (non-hydrogen) atoms. The molecule has 1 aliphatic rings. The minimum atomic E-state index is 0.812. The molecular formula is C27H19N3. The van der Waals surface area contributed by atoms with Crippen LogP contribution in [0.4, 0.5) is 11.4 Å². The maximum absolute atomic E-state index is 2.44. The second kappa shape index (κ2) is 5.77. The van der Waals surface area contributed by atoms with E-state index in [0.29, 0.717) is 0 Å². The van der Waals surface area contributed by atoms with Crippen LogP contribution in [0, 0.1) is 0 Å². The zero-order valence-electron chi connectivity index (χ0n) is 16.4. The van der Waals surface area contributed by atoms with Gasteiger partial charge in [-0.1, -0.05) is 60.7 Å². The summed E-state index contributed by atoms with van der Waals surface area (Å²) < 4.78 is 2.44. The first-order chi connectivity index (χ1) is 14.9. The highest BCUT2D eigenvalue weighted by atomic mass is 15.3. The summed E-state index contributed by atoms with van der Waals surface area (Å²) in [6.45, 7) is 0.812. The van der Waals surface area contributed by atoms with Gasteiger partial charge in [0.25, 0.3) is 0 Å². The molecule has 3 heterocycles. The number of hydrogen-bond donors (Lipinski definition) is 0. The fourth-order valence-electron chi connectivity index (χ4n) is 5.06. The standard InChI is InChI=1S/C27H19N3/c1-2-8-19(9-3-1)28-16-17-29(18-28)24-14-7-15-25-26(24)22-12-6-11-21-20-10-4-5-13-23(20)30(25)27(21)22/h1-17H,18H2. The lowest BCUT2D eigenvalue weighted by atomic mass is 10.1. The summed E-state index contributed by atoms with van der Waals surface area (Å²) >= 11 is 0. The molecule has 6 aromatic rings. The maximum Gasteiger partial charge on any atom is 0.0989 e. The minimum Gasteiger partial charge on any atom is -0.328 e. The van der Waals surface area contributed by atoms with Crippen LogP contribution in [0.3, 0.4) is 0 Å². The van der Waals surface area contributed by atoms with Crippen LogP contribution in [-0.2, 0) is 0 Å². The van der Waals surface area contributed by atoms with Gasteiger partial charge >= 0.3 is 0 Å². The molecule has 1 aliphatic heterocycles. The van der Waals surface area contributed by atoms with E-state index in [1.165, 1.54) is 49.5 Å². The number of nitrogens with zero attached hydrogens (tertiary/aromatic N) is 3. The molecular weight excluding hydrogens is 366 g/mol. The number of fused-ring (bicyclic) bond motifs is 6. The lowest BCUT2D eigenvalue weighted by Gasteiger charge is -2.22. The normalized spacial score (nSPS) is 14.3. The number of aromatic nitrogens is 1. The fraction of sp³-hybridized carbons (Fsp3) is 0.0370. The van der Waals surface area contributed by atoms with E-state index >= 15 is 0 Å². The van der Waals surface area contributed by atoms with Crippen LogP contribution in [0.15, 0.2) is 103 Å². The van der Waals surface area contributed by atoms with Crippen molar-refractivity contribution in [2.45, 2.75) is 0 Å². The quantitative estimate of drug-likeness (QED) is 0.333. The molecule has 0 amide bonds. The van der Waals surface area contributed by atoms with Crippen LogP contribution in [0.1, 0.15) is 0 Å². The van der Waals surface area contributed by atoms with Crippen molar-refractivity contribution in [1.29, 1.82) is 0 Å². The third-order valence-corrected chi connectivity index (χ3v) is 6.35. The van der Waals surface area contributed by atoms with Crippen molar-refractivity contribution in [3.63, 3.8) is 0 Å². The summed E-state index contributed by atoms with van der Waals surface area (Å²) in [7, 11) is 0. The number of anilines is 2. The molecule has 2 aromatic heterocycles. The molecule has 0 aliphatic carbocycles. The molecule has 0 fully saturated rings. The summed E-state index contributed by atoms with van der Waals surface area (Å²) in [5.41, 5.74) is 6.33. The summed E-state index contributed by atoms with van der Waals surface area (Å²) in [4.78, 5) is 4.63. The van der Waals surface area contributed by atoms with Gasteiger partial charge in [0.05, 0.1) is 28.9 Å². The molecule has 3 heteroatoms. The molecule has 0 saturated heterocycles. The Hall–Kier alpha value is -3.98. The first kappa shape index (κ1) is 15.9. The van der Waals surface area contributed by atoms with Crippen molar-refractivity contribution in [2.75, 3.05) is 16.5 Å². The van der Waals surface area contributed by atoms with E-state index in [1.807, 2.05) is 0 Å². The average molecular weight is 385 g/mol. The molecule has 0 bridgehead atoms. The van der Waals surface area contributed by atoms with E-state index in [4.69, 9.17) is 0 Å². The van der Waals surface area contributed by atoms with Crippen molar-refractivity contribution < 1.29 is 0 Å². The van der Waals surface area contributed by atoms with E-state index in [9.17, 15) is 0 Å². The van der Waals surface area contributed by atoms with Crippen LogP contribution < -0.4 is 9.80 Å². The minimum absolute atomic E-state index is 0.812. The molecule has 3 nitrogen and oxygen atoms in total. The van der Waals surface area contributed by atoms with Gasteiger partial charge in [0.15, 0.2) is 0 Å². The van der Waals surface area contributed by atoms with Crippen molar-refractivity contribution in [2.24, 2.45) is 0 Å². The van der Waals surface area contributed by atoms with Gasteiger partial charge in [0, 0.05) is 39.6 Å². The molecule has 7 rings (SSSR count). The molecule has 0 spiro atoms. The molecule has 0 atom stereocenters. The van der Waals surface area contributed by atoms with Crippen molar-refractivity contribution in [3.05, 3.63) is 103 Å². The Balaban J connectivity index is 1.48. The van der Waals surface area contributed by atoms with E-state index in [0.717, 1.165) is 6.67 Å². The zero-order valence-corrected chi connectivity index (χ0v) is 16.4. The van der Waals surface area contributed by atoms with Crippen LogP contribution in [0.5, 0.6) is 0 Å². The number of benzene rings is 4. The summed E-state index contributed by atoms with van der Waals surface area (Å²) in [6, 6.07) is 32.6. The van der Waals surface area contributed by atoms with Crippen LogP contribution >= 0.6 is 0 Å². The number of rotatable bonds is 2. The first-order valence-corrected chi connectivity index (χ1v) is 10.3. The lowest BCUT2D eigenvalue weighted by molar-refractivity contribution is 0.980. The highest BCUT2D eigenvalue weighted by molar-refractivity contribution is 6.25. The predicted octanol–water partition coefficient (Wildman–Crippen LogP) is 6.59. The molecule has 0 unspecified atom stereocenters. The largest absolute Gasteiger partial charge is 0.328 e. The van der Waals surface area contributed by atoms with Gasteiger partial charge in [-0.3, -0.25) is 0 Å². The van der Waals surface area contributed by atoms with Crippen LogP contribution in [0.2, 0.25) is 0 Å². The van der Waals surface area contributed by atoms with Gasteiger partial charge < -0.3 is 14.2 Å². The topological polar surface area (TPSA) is 10.9 Å². The second-order valence-electron chi connectivity index (χ2n) is 7.94. The Kier molecular flexibility index (Phi) is 3.06. The third-order valence-electron chi connectivity index (χ3n) is 6.35. The van der Waals surface area contributed by atoms with Crippen molar-refractivity contribution >= 4 is 49.5 Å². The lowest BCUT2D eigenvalue weighted by Crippen LogP contribution is -2.24. The number of hydrogen-bond acceptors (Lipinski definition) is 2. The zero-order chi connectivity index (χ0) is 19.7. The van der Waals surface area contributed by atoms with Gasteiger partial charge in [-0.2, -0.15) is 0 Å². The Morgan fingerprint density at radius 2 is 1.23 bits per heavy atom. The SMILES string of the molecule is C1=CN(c2cccc3c2c2cccc4c5ccccc5n3c42)CN1c1ccccc1. The maximum atomic E-state index is 2.44. The van der Waals surface area contributed by atoms with E-state index < -0.39 is 0 Å². The van der Waals surface area contributed by atoms with Gasteiger partial charge in [-0.15, -0.1) is 0 Å². The first-order valence-electron chi connectivity index (χ1n) is 10.3. The summed E-state index contributed by atoms with van der Waals surface area (Å²) in [5, 5.41) is 5.29. The van der Waals surface area contributed by atoms with E-state index in [-0.39, 0.29) is 0 Å². The van der Waals surface area contributed by atoms with E-state index in [2.05, 4.69) is 118 Å². The molecule has 0 saturated carbocycles. The molecule has 142 valence electrons. The van der Waals surface area contributed by atoms with Crippen molar-refractivity contribution in [3.8, 4) is 0 Å². The fourth-order valence-corrected chi connectivity index (χ4v) is 5.06. The Morgan fingerprint density at radius 3 is 2.17 bits per heavy atom. The summed E-state index contributed by atoms with van der Waals surface area (Å²) in [5.74, 6) is 0. The van der Waals surface area contributed by atoms with Gasteiger partial charge in [-0.05, 0) is 30.3 Å². The third kappa shape index (κ3) is 1.99.